The zero-order chi connectivity index (χ0) is 16.8. The first-order valence-electron chi connectivity index (χ1n) is 9.10. The third-order valence-corrected chi connectivity index (χ3v) is 5.22. The summed E-state index contributed by atoms with van der Waals surface area (Å²) < 4.78 is 5.38. The molecule has 1 amide bonds. The molecule has 0 bridgehead atoms. The summed E-state index contributed by atoms with van der Waals surface area (Å²) in [4.78, 5) is 12.4. The van der Waals surface area contributed by atoms with Crippen LogP contribution in [0, 0.1) is 0 Å². The van der Waals surface area contributed by atoms with Crippen molar-refractivity contribution in [2.45, 2.75) is 50.2 Å². The number of ether oxygens (including phenoxy) is 1. The Morgan fingerprint density at radius 2 is 2.08 bits per heavy atom. The molecule has 2 fully saturated rings. The highest BCUT2D eigenvalue weighted by Gasteiger charge is 2.36. The van der Waals surface area contributed by atoms with E-state index in [4.69, 9.17) is 4.74 Å². The summed E-state index contributed by atoms with van der Waals surface area (Å²) in [5.41, 5.74) is 1.29. The summed E-state index contributed by atoms with van der Waals surface area (Å²) in [7, 11) is 0. The molecule has 0 aromatic heterocycles. The Kier molecular flexibility index (Phi) is 5.87. The first-order valence-corrected chi connectivity index (χ1v) is 9.10. The third kappa shape index (κ3) is 4.35. The van der Waals surface area contributed by atoms with Crippen LogP contribution in [0.15, 0.2) is 30.3 Å². The fourth-order valence-electron chi connectivity index (χ4n) is 3.82. The highest BCUT2D eigenvalue weighted by atomic mass is 16.5. The summed E-state index contributed by atoms with van der Waals surface area (Å²) >= 11 is 0. The van der Waals surface area contributed by atoms with Crippen molar-refractivity contribution >= 4 is 5.91 Å². The predicted octanol–water partition coefficient (Wildman–Crippen LogP) is 1.75. The first-order chi connectivity index (χ1) is 11.7. The van der Waals surface area contributed by atoms with Crippen molar-refractivity contribution in [1.82, 2.24) is 16.0 Å². The van der Waals surface area contributed by atoms with Gasteiger partial charge in [-0.3, -0.25) is 4.79 Å². The number of carbonyl (C=O) groups excluding carboxylic acids is 1. The summed E-state index contributed by atoms with van der Waals surface area (Å²) in [5, 5.41) is 10.2. The number of nitrogens with one attached hydrogen (secondary N) is 3. The third-order valence-electron chi connectivity index (χ3n) is 5.22. The molecule has 3 rings (SSSR count). The topological polar surface area (TPSA) is 62.4 Å². The summed E-state index contributed by atoms with van der Waals surface area (Å²) in [6.07, 6.45) is 4.66. The van der Waals surface area contributed by atoms with E-state index in [-0.39, 0.29) is 23.5 Å². The Hall–Kier alpha value is -1.43. The minimum atomic E-state index is -0.219. The molecule has 5 nitrogen and oxygen atoms in total. The van der Waals surface area contributed by atoms with Crippen LogP contribution in [0.25, 0.3) is 0 Å². The van der Waals surface area contributed by atoms with Crippen molar-refractivity contribution in [1.29, 1.82) is 0 Å². The van der Waals surface area contributed by atoms with Crippen molar-refractivity contribution in [2.24, 2.45) is 0 Å². The molecule has 2 atom stereocenters. The average Bonchev–Trinajstić information content (AvgIpc) is 3.10. The highest BCUT2D eigenvalue weighted by molar-refractivity contribution is 5.82. The van der Waals surface area contributed by atoms with Crippen molar-refractivity contribution in [3.05, 3.63) is 35.9 Å². The van der Waals surface area contributed by atoms with Gasteiger partial charge in [-0.05, 0) is 25.3 Å². The number of rotatable bonds is 6. The van der Waals surface area contributed by atoms with Gasteiger partial charge >= 0.3 is 0 Å². The SMILES string of the molecule is CC(NC1(CNC(=O)C2COCCN2)CCCC1)c1ccccc1. The fraction of sp³-hybridized carbons (Fsp3) is 0.632. The quantitative estimate of drug-likeness (QED) is 0.743. The largest absolute Gasteiger partial charge is 0.378 e. The zero-order valence-corrected chi connectivity index (χ0v) is 14.5. The van der Waals surface area contributed by atoms with Gasteiger partial charge in [-0.2, -0.15) is 0 Å². The number of hydrogen-bond donors (Lipinski definition) is 3. The maximum absolute atomic E-state index is 12.4. The van der Waals surface area contributed by atoms with Crippen LogP contribution in [0.4, 0.5) is 0 Å². The maximum atomic E-state index is 12.4. The molecular formula is C19H29N3O2. The number of carbonyl (C=O) groups is 1. The van der Waals surface area contributed by atoms with E-state index in [9.17, 15) is 4.79 Å². The predicted molar refractivity (Wildman–Crippen MR) is 94.8 cm³/mol. The molecule has 2 unspecified atom stereocenters. The van der Waals surface area contributed by atoms with E-state index >= 15 is 0 Å². The highest BCUT2D eigenvalue weighted by Crippen LogP contribution is 2.31. The van der Waals surface area contributed by atoms with Crippen LogP contribution in [0.5, 0.6) is 0 Å². The van der Waals surface area contributed by atoms with Gasteiger partial charge in [0.25, 0.3) is 0 Å². The van der Waals surface area contributed by atoms with E-state index in [0.29, 0.717) is 19.8 Å². The maximum Gasteiger partial charge on any atom is 0.239 e. The molecule has 1 heterocycles. The molecule has 5 heteroatoms. The fourth-order valence-corrected chi connectivity index (χ4v) is 3.82. The van der Waals surface area contributed by atoms with E-state index in [0.717, 1.165) is 19.4 Å². The molecule has 24 heavy (non-hydrogen) atoms. The van der Waals surface area contributed by atoms with Gasteiger partial charge in [-0.1, -0.05) is 43.2 Å². The van der Waals surface area contributed by atoms with Crippen LogP contribution in [-0.2, 0) is 9.53 Å². The zero-order valence-electron chi connectivity index (χ0n) is 14.5. The number of amides is 1. The molecule has 3 N–H and O–H groups in total. The normalized spacial score (nSPS) is 24.5. The van der Waals surface area contributed by atoms with Gasteiger partial charge in [0.15, 0.2) is 0 Å². The molecule has 0 spiro atoms. The van der Waals surface area contributed by atoms with Gasteiger partial charge in [-0.25, -0.2) is 0 Å². The molecule has 1 saturated heterocycles. The van der Waals surface area contributed by atoms with Gasteiger partial charge in [0, 0.05) is 24.7 Å². The van der Waals surface area contributed by atoms with E-state index in [2.05, 4.69) is 47.1 Å². The molecule has 1 aromatic rings. The van der Waals surface area contributed by atoms with E-state index in [1.807, 2.05) is 6.07 Å². The lowest BCUT2D eigenvalue weighted by atomic mass is 9.94. The van der Waals surface area contributed by atoms with Crippen LogP contribution in [0.3, 0.4) is 0 Å². The number of morpholine rings is 1. The Morgan fingerprint density at radius 3 is 2.75 bits per heavy atom. The van der Waals surface area contributed by atoms with Crippen molar-refractivity contribution < 1.29 is 9.53 Å². The lowest BCUT2D eigenvalue weighted by Crippen LogP contribution is -2.57. The van der Waals surface area contributed by atoms with Crippen LogP contribution >= 0.6 is 0 Å². The van der Waals surface area contributed by atoms with Gasteiger partial charge in [0.1, 0.15) is 6.04 Å². The van der Waals surface area contributed by atoms with Crippen LogP contribution in [0.2, 0.25) is 0 Å². The summed E-state index contributed by atoms with van der Waals surface area (Å²) in [6, 6.07) is 10.6. The second kappa shape index (κ2) is 8.10. The molecule has 0 radical (unpaired) electrons. The lowest BCUT2D eigenvalue weighted by molar-refractivity contribution is -0.126. The Labute approximate surface area is 144 Å². The molecule has 1 aliphatic heterocycles. The number of hydrogen-bond acceptors (Lipinski definition) is 4. The molecule has 132 valence electrons. The lowest BCUT2D eigenvalue weighted by Gasteiger charge is -2.35. The Balaban J connectivity index is 1.58. The average molecular weight is 331 g/mol. The summed E-state index contributed by atoms with van der Waals surface area (Å²) in [6.45, 7) is 4.78. The second-order valence-electron chi connectivity index (χ2n) is 7.06. The molecule has 2 aliphatic rings. The smallest absolute Gasteiger partial charge is 0.239 e. The Morgan fingerprint density at radius 1 is 1.33 bits per heavy atom. The van der Waals surface area contributed by atoms with Crippen molar-refractivity contribution in [3.63, 3.8) is 0 Å². The minimum Gasteiger partial charge on any atom is -0.378 e. The standard InChI is InChI=1S/C19H29N3O2/c1-15(16-7-3-2-4-8-16)22-19(9-5-6-10-19)14-21-18(23)17-13-24-12-11-20-17/h2-4,7-8,15,17,20,22H,5-6,9-14H2,1H3,(H,21,23). The molecule has 1 aliphatic carbocycles. The van der Waals surface area contributed by atoms with Crippen LogP contribution in [0.1, 0.15) is 44.2 Å². The van der Waals surface area contributed by atoms with Gasteiger partial charge < -0.3 is 20.7 Å². The van der Waals surface area contributed by atoms with Crippen LogP contribution < -0.4 is 16.0 Å². The van der Waals surface area contributed by atoms with E-state index < -0.39 is 0 Å². The monoisotopic (exact) mass is 331 g/mol. The van der Waals surface area contributed by atoms with Crippen LogP contribution in [-0.4, -0.2) is 43.8 Å². The molecule has 1 aromatic carbocycles. The first kappa shape index (κ1) is 17.4. The van der Waals surface area contributed by atoms with Gasteiger partial charge in [0.05, 0.1) is 13.2 Å². The Bertz CT molecular complexity index is 523. The van der Waals surface area contributed by atoms with E-state index in [1.54, 1.807) is 0 Å². The molecule has 1 saturated carbocycles. The number of benzene rings is 1. The van der Waals surface area contributed by atoms with Crippen molar-refractivity contribution in [2.75, 3.05) is 26.3 Å². The van der Waals surface area contributed by atoms with Crippen molar-refractivity contribution in [3.8, 4) is 0 Å². The summed E-state index contributed by atoms with van der Waals surface area (Å²) in [5.74, 6) is 0.0511. The minimum absolute atomic E-state index is 0.000439. The van der Waals surface area contributed by atoms with Gasteiger partial charge in [0.2, 0.25) is 5.91 Å². The van der Waals surface area contributed by atoms with Gasteiger partial charge in [-0.15, -0.1) is 0 Å². The van der Waals surface area contributed by atoms with E-state index in [1.165, 1.54) is 18.4 Å². The molecular weight excluding hydrogens is 302 g/mol. The second-order valence-corrected chi connectivity index (χ2v) is 7.06.